The van der Waals surface area contributed by atoms with Gasteiger partial charge in [0.2, 0.25) is 0 Å². The van der Waals surface area contributed by atoms with E-state index in [0.717, 1.165) is 16.9 Å². The Morgan fingerprint density at radius 1 is 1.21 bits per heavy atom. The fraction of sp³-hybridized carbons (Fsp3) is 0.0500. The summed E-state index contributed by atoms with van der Waals surface area (Å²) in [5.74, 6) is 0.534. The van der Waals surface area contributed by atoms with Gasteiger partial charge in [-0.15, -0.1) is 11.3 Å². The Kier molecular flexibility index (Phi) is 5.06. The zero-order valence-electron chi connectivity index (χ0n) is 14.7. The molecule has 9 heteroatoms. The van der Waals surface area contributed by atoms with E-state index in [1.165, 1.54) is 12.1 Å². The molecule has 146 valence electrons. The topological polar surface area (TPSA) is 106 Å². The number of nitro groups is 1. The maximum absolute atomic E-state index is 12.8. The first-order chi connectivity index (χ1) is 14.0. The summed E-state index contributed by atoms with van der Waals surface area (Å²) in [6.07, 6.45) is 0. The molecule has 0 aliphatic carbocycles. The van der Waals surface area contributed by atoms with Crippen LogP contribution in [0.2, 0.25) is 5.02 Å². The average Bonchev–Trinajstić information content (AvgIpc) is 3.33. The third kappa shape index (κ3) is 3.61. The van der Waals surface area contributed by atoms with Crippen LogP contribution in [0, 0.1) is 10.1 Å². The molecule has 29 heavy (non-hydrogen) atoms. The maximum atomic E-state index is 12.8. The van der Waals surface area contributed by atoms with Crippen molar-refractivity contribution in [2.45, 2.75) is 6.61 Å². The summed E-state index contributed by atoms with van der Waals surface area (Å²) in [5, 5.41) is 23.8. The first-order valence-electron chi connectivity index (χ1n) is 8.44. The lowest BCUT2D eigenvalue weighted by Crippen LogP contribution is -2.10. The van der Waals surface area contributed by atoms with Crippen LogP contribution in [0.15, 0.2) is 59.0 Å². The molecule has 0 saturated carbocycles. The molecule has 0 fully saturated rings. The third-order valence-corrected chi connectivity index (χ3v) is 5.99. The summed E-state index contributed by atoms with van der Waals surface area (Å²) in [6.45, 7) is -0.201. The predicted molar refractivity (Wildman–Crippen MR) is 112 cm³/mol. The van der Waals surface area contributed by atoms with Gasteiger partial charge in [-0.3, -0.25) is 14.9 Å². The van der Waals surface area contributed by atoms with Gasteiger partial charge in [0.15, 0.2) is 0 Å². The number of benzene rings is 2. The quantitative estimate of drug-likeness (QED) is 0.324. The van der Waals surface area contributed by atoms with Crippen LogP contribution in [-0.2, 0) is 6.61 Å². The normalized spacial score (nSPS) is 11.0. The number of carbonyl (C=O) groups excluding carboxylic acids is 1. The number of fused-ring (bicyclic) bond motifs is 1. The van der Waals surface area contributed by atoms with Crippen molar-refractivity contribution in [2.24, 2.45) is 0 Å². The second kappa shape index (κ2) is 7.67. The smallest absolute Gasteiger partial charge is 0.287 e. The number of anilines is 1. The summed E-state index contributed by atoms with van der Waals surface area (Å²) < 4.78 is 5.87. The number of nitro benzene ring substituents is 1. The van der Waals surface area contributed by atoms with Gasteiger partial charge in [0.05, 0.1) is 9.95 Å². The zero-order valence-corrected chi connectivity index (χ0v) is 16.3. The van der Waals surface area contributed by atoms with E-state index in [1.807, 2.05) is 6.07 Å². The minimum atomic E-state index is -0.496. The number of furan rings is 1. The molecule has 1 amide bonds. The highest BCUT2D eigenvalue weighted by Gasteiger charge is 2.23. The van der Waals surface area contributed by atoms with E-state index < -0.39 is 10.8 Å². The Balaban J connectivity index is 1.65. The van der Waals surface area contributed by atoms with Crippen molar-refractivity contribution in [1.29, 1.82) is 0 Å². The van der Waals surface area contributed by atoms with Crippen molar-refractivity contribution >= 4 is 50.3 Å². The first kappa shape index (κ1) is 19.1. The van der Waals surface area contributed by atoms with Gasteiger partial charge in [-0.05, 0) is 24.3 Å². The molecule has 2 aromatic heterocycles. The number of nitrogens with one attached hydrogen (secondary N) is 1. The van der Waals surface area contributed by atoms with Crippen LogP contribution >= 0.6 is 22.9 Å². The highest BCUT2D eigenvalue weighted by molar-refractivity contribution is 7.22. The highest BCUT2D eigenvalue weighted by Crippen LogP contribution is 2.40. The number of halogens is 1. The van der Waals surface area contributed by atoms with Gasteiger partial charge in [0.1, 0.15) is 27.7 Å². The highest BCUT2D eigenvalue weighted by atomic mass is 35.5. The number of rotatable bonds is 5. The molecule has 4 aromatic rings. The molecular weight excluding hydrogens is 416 g/mol. The number of hydrogen-bond acceptors (Lipinski definition) is 6. The van der Waals surface area contributed by atoms with Crippen LogP contribution in [-0.4, -0.2) is 15.9 Å². The van der Waals surface area contributed by atoms with E-state index in [1.54, 1.807) is 36.4 Å². The molecule has 0 bridgehead atoms. The Morgan fingerprint density at radius 2 is 2.00 bits per heavy atom. The monoisotopic (exact) mass is 428 g/mol. The van der Waals surface area contributed by atoms with E-state index in [4.69, 9.17) is 21.1 Å². The summed E-state index contributed by atoms with van der Waals surface area (Å²) in [5.41, 5.74) is 1.14. The fourth-order valence-corrected chi connectivity index (χ4v) is 4.41. The van der Waals surface area contributed by atoms with Crippen LogP contribution < -0.4 is 5.32 Å². The second-order valence-corrected chi connectivity index (χ2v) is 7.51. The number of aliphatic hydroxyl groups excluding tert-OH is 1. The average molecular weight is 429 g/mol. The molecule has 0 saturated heterocycles. The molecule has 0 unspecified atom stereocenters. The van der Waals surface area contributed by atoms with Gasteiger partial charge in [-0.1, -0.05) is 35.9 Å². The summed E-state index contributed by atoms with van der Waals surface area (Å²) in [7, 11) is 0. The lowest BCUT2D eigenvalue weighted by Gasteiger charge is -2.06. The molecule has 0 spiro atoms. The van der Waals surface area contributed by atoms with Gasteiger partial charge in [-0.2, -0.15) is 0 Å². The van der Waals surface area contributed by atoms with Gasteiger partial charge in [0.25, 0.3) is 11.6 Å². The summed E-state index contributed by atoms with van der Waals surface area (Å²) >= 11 is 7.31. The van der Waals surface area contributed by atoms with Gasteiger partial charge in [-0.25, -0.2) is 0 Å². The molecule has 2 aromatic carbocycles. The molecule has 2 heterocycles. The fourth-order valence-electron chi connectivity index (χ4n) is 2.92. The standard InChI is InChI=1S/C20H13ClN2O5S/c21-17-14-5-2-6-15(23(26)27)18(14)29-19(17)20(25)22-12-4-1-3-11(9-12)16-8-7-13(10-24)28-16/h1-9,24H,10H2,(H,22,25). The number of non-ortho nitro benzene ring substituents is 1. The molecule has 2 N–H and O–H groups in total. The number of amides is 1. The number of thiophene rings is 1. The first-order valence-corrected chi connectivity index (χ1v) is 9.64. The Labute approximate surface area is 173 Å². The number of aliphatic hydroxyl groups is 1. The molecule has 0 atom stereocenters. The van der Waals surface area contributed by atoms with E-state index in [9.17, 15) is 14.9 Å². The Bertz CT molecular complexity index is 1250. The van der Waals surface area contributed by atoms with E-state index in [2.05, 4.69) is 5.32 Å². The zero-order chi connectivity index (χ0) is 20.5. The molecule has 0 aliphatic heterocycles. The van der Waals surface area contributed by atoms with Crippen LogP contribution in [0.3, 0.4) is 0 Å². The Hall–Kier alpha value is -3.20. The molecular formula is C20H13ClN2O5S. The van der Waals surface area contributed by atoms with E-state index >= 15 is 0 Å². The van der Waals surface area contributed by atoms with E-state index in [0.29, 0.717) is 27.3 Å². The Morgan fingerprint density at radius 3 is 2.72 bits per heavy atom. The molecule has 0 aliphatic rings. The van der Waals surface area contributed by atoms with Crippen molar-refractivity contribution in [2.75, 3.05) is 5.32 Å². The summed E-state index contributed by atoms with van der Waals surface area (Å²) in [4.78, 5) is 23.7. The number of carbonyl (C=O) groups is 1. The van der Waals surface area contributed by atoms with Crippen molar-refractivity contribution in [3.63, 3.8) is 0 Å². The number of nitrogens with zero attached hydrogens (tertiary/aromatic N) is 1. The number of hydrogen-bond donors (Lipinski definition) is 2. The van der Waals surface area contributed by atoms with Crippen LogP contribution in [0.4, 0.5) is 11.4 Å². The van der Waals surface area contributed by atoms with Crippen LogP contribution in [0.1, 0.15) is 15.4 Å². The molecule has 0 radical (unpaired) electrons. The van der Waals surface area contributed by atoms with Crippen LogP contribution in [0.25, 0.3) is 21.4 Å². The second-order valence-electron chi connectivity index (χ2n) is 6.12. The minimum Gasteiger partial charge on any atom is -0.459 e. The van der Waals surface area contributed by atoms with Gasteiger partial charge < -0.3 is 14.8 Å². The lowest BCUT2D eigenvalue weighted by molar-refractivity contribution is -0.382. The van der Waals surface area contributed by atoms with Gasteiger partial charge in [0, 0.05) is 22.7 Å². The minimum absolute atomic E-state index is 0.0899. The summed E-state index contributed by atoms with van der Waals surface area (Å²) in [6, 6.07) is 15.0. The van der Waals surface area contributed by atoms with Crippen molar-refractivity contribution in [3.8, 4) is 11.3 Å². The molecule has 4 rings (SSSR count). The van der Waals surface area contributed by atoms with Crippen molar-refractivity contribution < 1.29 is 19.2 Å². The lowest BCUT2D eigenvalue weighted by atomic mass is 10.1. The van der Waals surface area contributed by atoms with E-state index in [-0.39, 0.29) is 22.2 Å². The maximum Gasteiger partial charge on any atom is 0.287 e. The SMILES string of the molecule is O=C(Nc1cccc(-c2ccc(CO)o2)c1)c1sc2c([N+](=O)[O-])cccc2c1Cl. The predicted octanol–water partition coefficient (Wildman–Crippen LogP) is 5.47. The van der Waals surface area contributed by atoms with Crippen LogP contribution in [0.5, 0.6) is 0 Å². The largest absolute Gasteiger partial charge is 0.459 e. The molecule has 7 nitrogen and oxygen atoms in total. The van der Waals surface area contributed by atoms with Crippen molar-refractivity contribution in [1.82, 2.24) is 0 Å². The van der Waals surface area contributed by atoms with Crippen molar-refractivity contribution in [3.05, 3.63) is 80.4 Å². The van der Waals surface area contributed by atoms with Gasteiger partial charge >= 0.3 is 0 Å². The third-order valence-electron chi connectivity index (χ3n) is 4.26.